The zero-order valence-corrected chi connectivity index (χ0v) is 14.2. The van der Waals surface area contributed by atoms with E-state index >= 15 is 0 Å². The standard InChI is InChI=1S/C19H32N2O/c1-18-8-3-4-15(18)14-6-5-12-10-13(22)7-9-19(12,2)17(14)16(11-18)21-20/h12-15,17,22H,3-11,20H2,1-2H3/b21-16-/t12-,13+,14-,15-,17+,18-,19-/m0/s1. The van der Waals surface area contributed by atoms with Gasteiger partial charge >= 0.3 is 0 Å². The Labute approximate surface area is 134 Å². The van der Waals surface area contributed by atoms with Crippen molar-refractivity contribution in [1.82, 2.24) is 0 Å². The minimum Gasteiger partial charge on any atom is -0.393 e. The third kappa shape index (κ3) is 1.93. The molecule has 4 saturated carbocycles. The van der Waals surface area contributed by atoms with Gasteiger partial charge in [0.15, 0.2) is 0 Å². The maximum Gasteiger partial charge on any atom is 0.0543 e. The van der Waals surface area contributed by atoms with Crippen LogP contribution in [0.1, 0.15) is 71.6 Å². The molecule has 0 aromatic heterocycles. The summed E-state index contributed by atoms with van der Waals surface area (Å²) in [6, 6.07) is 0. The normalized spacial score (nSPS) is 56.3. The Morgan fingerprint density at radius 3 is 2.73 bits per heavy atom. The molecule has 0 aromatic rings. The molecule has 0 spiro atoms. The molecule has 22 heavy (non-hydrogen) atoms. The van der Waals surface area contributed by atoms with Crippen LogP contribution in [-0.4, -0.2) is 16.9 Å². The monoisotopic (exact) mass is 304 g/mol. The predicted octanol–water partition coefficient (Wildman–Crippen LogP) is 3.70. The molecule has 0 aromatic carbocycles. The van der Waals surface area contributed by atoms with Crippen LogP contribution in [0, 0.1) is 34.5 Å². The van der Waals surface area contributed by atoms with Crippen molar-refractivity contribution in [1.29, 1.82) is 0 Å². The van der Waals surface area contributed by atoms with E-state index in [0.717, 1.165) is 37.5 Å². The number of hydrogen-bond donors (Lipinski definition) is 2. The summed E-state index contributed by atoms with van der Waals surface area (Å²) in [7, 11) is 0. The number of nitrogens with two attached hydrogens (primary N) is 1. The highest BCUT2D eigenvalue weighted by molar-refractivity contribution is 5.89. The molecule has 3 nitrogen and oxygen atoms in total. The summed E-state index contributed by atoms with van der Waals surface area (Å²) in [5, 5.41) is 14.5. The molecule has 3 heteroatoms. The Morgan fingerprint density at radius 2 is 1.95 bits per heavy atom. The van der Waals surface area contributed by atoms with Gasteiger partial charge in [-0.05, 0) is 80.0 Å². The molecule has 124 valence electrons. The van der Waals surface area contributed by atoms with Crippen LogP contribution in [0.4, 0.5) is 0 Å². The lowest BCUT2D eigenvalue weighted by molar-refractivity contribution is -0.0788. The molecule has 0 unspecified atom stereocenters. The third-order valence-electron chi connectivity index (χ3n) is 8.28. The zero-order valence-electron chi connectivity index (χ0n) is 14.2. The quantitative estimate of drug-likeness (QED) is 0.529. The average Bonchev–Trinajstić information content (AvgIpc) is 2.88. The van der Waals surface area contributed by atoms with Gasteiger partial charge in [0, 0.05) is 11.6 Å². The van der Waals surface area contributed by atoms with Crippen molar-refractivity contribution in [3.05, 3.63) is 0 Å². The Kier molecular flexibility index (Phi) is 3.38. The van der Waals surface area contributed by atoms with E-state index in [-0.39, 0.29) is 6.10 Å². The van der Waals surface area contributed by atoms with Gasteiger partial charge in [0.1, 0.15) is 0 Å². The molecule has 4 rings (SSSR count). The van der Waals surface area contributed by atoms with Crippen LogP contribution in [0.25, 0.3) is 0 Å². The van der Waals surface area contributed by atoms with Gasteiger partial charge in [-0.15, -0.1) is 0 Å². The number of hydrogen-bond acceptors (Lipinski definition) is 3. The van der Waals surface area contributed by atoms with Crippen LogP contribution < -0.4 is 5.84 Å². The SMILES string of the molecule is C[C@@]12CCC[C@H]1[C@@H]1CC[C@H]3C[C@H](O)CC[C@]3(C)[C@H]1/C(=N\N)C2. The number of rotatable bonds is 0. The van der Waals surface area contributed by atoms with Crippen molar-refractivity contribution in [3.8, 4) is 0 Å². The van der Waals surface area contributed by atoms with Crippen LogP contribution in [0.2, 0.25) is 0 Å². The van der Waals surface area contributed by atoms with E-state index in [1.807, 2.05) is 0 Å². The molecule has 7 atom stereocenters. The number of hydrazone groups is 1. The van der Waals surface area contributed by atoms with Crippen LogP contribution in [-0.2, 0) is 0 Å². The second-order valence-electron chi connectivity index (χ2n) is 9.30. The fraction of sp³-hybridized carbons (Fsp3) is 0.947. The summed E-state index contributed by atoms with van der Waals surface area (Å²) in [6.45, 7) is 4.98. The molecule has 4 aliphatic carbocycles. The summed E-state index contributed by atoms with van der Waals surface area (Å²) >= 11 is 0. The van der Waals surface area contributed by atoms with Crippen LogP contribution in [0.5, 0.6) is 0 Å². The van der Waals surface area contributed by atoms with Gasteiger partial charge < -0.3 is 10.9 Å². The van der Waals surface area contributed by atoms with Crippen LogP contribution in [0.3, 0.4) is 0 Å². The van der Waals surface area contributed by atoms with Gasteiger partial charge in [-0.25, -0.2) is 0 Å². The second kappa shape index (κ2) is 4.96. The van der Waals surface area contributed by atoms with Crippen molar-refractivity contribution in [2.45, 2.75) is 77.7 Å². The summed E-state index contributed by atoms with van der Waals surface area (Å²) < 4.78 is 0. The summed E-state index contributed by atoms with van der Waals surface area (Å²) in [4.78, 5) is 0. The lowest BCUT2D eigenvalue weighted by atomic mass is 9.44. The van der Waals surface area contributed by atoms with Gasteiger partial charge in [-0.1, -0.05) is 20.3 Å². The van der Waals surface area contributed by atoms with Crippen molar-refractivity contribution >= 4 is 5.71 Å². The first-order chi connectivity index (χ1) is 10.5. The van der Waals surface area contributed by atoms with Gasteiger partial charge in [0.05, 0.1) is 6.10 Å². The molecule has 0 aliphatic heterocycles. The zero-order chi connectivity index (χ0) is 15.5. The molecule has 3 N–H and O–H groups in total. The smallest absolute Gasteiger partial charge is 0.0543 e. The van der Waals surface area contributed by atoms with Crippen molar-refractivity contribution < 1.29 is 5.11 Å². The molecule has 4 fully saturated rings. The first-order valence-corrected chi connectivity index (χ1v) is 9.43. The molecular formula is C19H32N2O. The van der Waals surface area contributed by atoms with E-state index in [0.29, 0.717) is 22.7 Å². The summed E-state index contributed by atoms with van der Waals surface area (Å²) in [5.41, 5.74) is 2.09. The van der Waals surface area contributed by atoms with E-state index in [1.54, 1.807) is 0 Å². The lowest BCUT2D eigenvalue weighted by Crippen LogP contribution is -2.57. The maximum atomic E-state index is 10.1. The highest BCUT2D eigenvalue weighted by atomic mass is 16.3. The minimum absolute atomic E-state index is 0.0757. The van der Waals surface area contributed by atoms with E-state index in [4.69, 9.17) is 5.84 Å². The predicted molar refractivity (Wildman–Crippen MR) is 89.4 cm³/mol. The van der Waals surface area contributed by atoms with Crippen molar-refractivity contribution in [2.24, 2.45) is 45.4 Å². The maximum absolute atomic E-state index is 10.1. The fourth-order valence-electron chi connectivity index (χ4n) is 7.22. The van der Waals surface area contributed by atoms with E-state index in [1.165, 1.54) is 37.8 Å². The Hall–Kier alpha value is -0.570. The first kappa shape index (κ1) is 15.0. The summed E-state index contributed by atoms with van der Waals surface area (Å²) in [5.74, 6) is 8.82. The fourth-order valence-corrected chi connectivity index (χ4v) is 7.22. The first-order valence-electron chi connectivity index (χ1n) is 9.43. The molecule has 0 amide bonds. The van der Waals surface area contributed by atoms with Gasteiger partial charge in [-0.2, -0.15) is 5.10 Å². The second-order valence-corrected chi connectivity index (χ2v) is 9.30. The molecule has 0 radical (unpaired) electrons. The average molecular weight is 304 g/mol. The van der Waals surface area contributed by atoms with E-state index < -0.39 is 0 Å². The molecule has 0 bridgehead atoms. The highest BCUT2D eigenvalue weighted by Gasteiger charge is 2.60. The van der Waals surface area contributed by atoms with E-state index in [9.17, 15) is 5.11 Å². The third-order valence-corrected chi connectivity index (χ3v) is 8.28. The topological polar surface area (TPSA) is 58.6 Å². The Bertz CT molecular complexity index is 490. The molecule has 4 aliphatic rings. The highest BCUT2D eigenvalue weighted by Crippen LogP contribution is 2.65. The van der Waals surface area contributed by atoms with Gasteiger partial charge in [0.2, 0.25) is 0 Å². The van der Waals surface area contributed by atoms with Crippen molar-refractivity contribution in [2.75, 3.05) is 0 Å². The molecule has 0 heterocycles. The van der Waals surface area contributed by atoms with E-state index in [2.05, 4.69) is 18.9 Å². The summed E-state index contributed by atoms with van der Waals surface area (Å²) in [6.07, 6.45) is 11.0. The molecule has 0 saturated heterocycles. The minimum atomic E-state index is -0.0757. The van der Waals surface area contributed by atoms with Crippen molar-refractivity contribution in [3.63, 3.8) is 0 Å². The van der Waals surface area contributed by atoms with Crippen LogP contribution >= 0.6 is 0 Å². The van der Waals surface area contributed by atoms with Gasteiger partial charge in [-0.3, -0.25) is 0 Å². The lowest BCUT2D eigenvalue weighted by Gasteiger charge is -2.60. The number of nitrogens with zero attached hydrogens (tertiary/aromatic N) is 1. The largest absolute Gasteiger partial charge is 0.393 e. The molecular weight excluding hydrogens is 272 g/mol. The number of aliphatic hydroxyl groups excluding tert-OH is 1. The number of fused-ring (bicyclic) bond motifs is 5. The van der Waals surface area contributed by atoms with Gasteiger partial charge in [0.25, 0.3) is 0 Å². The Balaban J connectivity index is 1.72. The van der Waals surface area contributed by atoms with Crippen LogP contribution in [0.15, 0.2) is 5.10 Å². The number of aliphatic hydroxyl groups is 1. The Morgan fingerprint density at radius 1 is 1.14 bits per heavy atom.